The number of nitrogens with two attached hydrogens (primary N) is 1. The Morgan fingerprint density at radius 2 is 2.16 bits per heavy atom. The van der Waals surface area contributed by atoms with Gasteiger partial charge in [0, 0.05) is 29.0 Å². The van der Waals surface area contributed by atoms with E-state index in [1.54, 1.807) is 12.3 Å². The molecule has 0 aliphatic heterocycles. The Morgan fingerprint density at radius 1 is 1.32 bits per heavy atom. The molecule has 5 heteroatoms. The lowest BCUT2D eigenvalue weighted by Crippen LogP contribution is -2.00. The molecule has 0 bridgehead atoms. The number of fused-ring (bicyclic) bond motifs is 1. The van der Waals surface area contributed by atoms with Gasteiger partial charge in [0.2, 0.25) is 0 Å². The van der Waals surface area contributed by atoms with Crippen LogP contribution in [0.15, 0.2) is 36.5 Å². The van der Waals surface area contributed by atoms with Crippen LogP contribution >= 0.6 is 11.6 Å². The van der Waals surface area contributed by atoms with Crippen molar-refractivity contribution >= 4 is 28.5 Å². The molecule has 0 atom stereocenters. The minimum Gasteiger partial charge on any atom is -0.398 e. The smallest absolute Gasteiger partial charge is 0.160 e. The summed E-state index contributed by atoms with van der Waals surface area (Å²) in [5.41, 5.74) is 9.28. The van der Waals surface area contributed by atoms with Crippen LogP contribution in [0, 0.1) is 0 Å². The fourth-order valence-electron chi connectivity index (χ4n) is 2.20. The summed E-state index contributed by atoms with van der Waals surface area (Å²) in [6.45, 7) is 2.84. The molecule has 2 aromatic heterocycles. The SMILES string of the molecule is CCn1c(-c2ccc(Cl)cc2N)nc2cccnc21. The van der Waals surface area contributed by atoms with E-state index in [9.17, 15) is 0 Å². The molecule has 0 spiro atoms. The molecular formula is C14H13ClN4. The molecule has 0 aliphatic carbocycles. The third kappa shape index (κ3) is 1.94. The van der Waals surface area contributed by atoms with E-state index in [1.165, 1.54) is 0 Å². The number of aryl methyl sites for hydroxylation is 1. The minimum absolute atomic E-state index is 0.623. The Kier molecular flexibility index (Phi) is 2.87. The number of halogens is 1. The lowest BCUT2D eigenvalue weighted by molar-refractivity contribution is 0.787. The van der Waals surface area contributed by atoms with Crippen LogP contribution < -0.4 is 5.73 Å². The van der Waals surface area contributed by atoms with E-state index in [0.717, 1.165) is 29.1 Å². The normalized spacial score (nSPS) is 11.1. The molecule has 96 valence electrons. The highest BCUT2D eigenvalue weighted by Crippen LogP contribution is 2.29. The van der Waals surface area contributed by atoms with Crippen LogP contribution in [-0.2, 0) is 6.54 Å². The molecule has 0 unspecified atom stereocenters. The predicted molar refractivity (Wildman–Crippen MR) is 78.1 cm³/mol. The van der Waals surface area contributed by atoms with Crippen molar-refractivity contribution in [3.05, 3.63) is 41.6 Å². The van der Waals surface area contributed by atoms with E-state index < -0.39 is 0 Å². The van der Waals surface area contributed by atoms with E-state index in [4.69, 9.17) is 17.3 Å². The van der Waals surface area contributed by atoms with Crippen LogP contribution in [0.1, 0.15) is 6.92 Å². The number of aromatic nitrogens is 3. The number of hydrogen-bond donors (Lipinski definition) is 1. The molecule has 19 heavy (non-hydrogen) atoms. The van der Waals surface area contributed by atoms with Crippen LogP contribution in [0.4, 0.5) is 5.69 Å². The first kappa shape index (κ1) is 12.0. The van der Waals surface area contributed by atoms with E-state index in [2.05, 4.69) is 21.5 Å². The second-order valence-corrected chi connectivity index (χ2v) is 4.69. The highest BCUT2D eigenvalue weighted by atomic mass is 35.5. The van der Waals surface area contributed by atoms with Gasteiger partial charge in [0.1, 0.15) is 11.3 Å². The Morgan fingerprint density at radius 3 is 2.89 bits per heavy atom. The maximum absolute atomic E-state index is 6.04. The highest BCUT2D eigenvalue weighted by molar-refractivity contribution is 6.31. The van der Waals surface area contributed by atoms with Gasteiger partial charge in [0.15, 0.2) is 5.65 Å². The number of benzene rings is 1. The Labute approximate surface area is 115 Å². The van der Waals surface area contributed by atoms with Gasteiger partial charge in [-0.3, -0.25) is 0 Å². The molecule has 1 aromatic carbocycles. The maximum atomic E-state index is 6.04. The molecule has 2 heterocycles. The second kappa shape index (κ2) is 4.55. The van der Waals surface area contributed by atoms with Gasteiger partial charge in [-0.25, -0.2) is 9.97 Å². The van der Waals surface area contributed by atoms with Crippen LogP contribution in [0.25, 0.3) is 22.6 Å². The van der Waals surface area contributed by atoms with Crippen LogP contribution in [0.3, 0.4) is 0 Å². The summed E-state index contributed by atoms with van der Waals surface area (Å²) in [5.74, 6) is 0.824. The number of imidazole rings is 1. The molecule has 4 nitrogen and oxygen atoms in total. The summed E-state index contributed by atoms with van der Waals surface area (Å²) in [5, 5.41) is 0.624. The minimum atomic E-state index is 0.623. The summed E-state index contributed by atoms with van der Waals surface area (Å²) in [6, 6.07) is 9.28. The Hall–Kier alpha value is -2.07. The van der Waals surface area contributed by atoms with Gasteiger partial charge in [0.25, 0.3) is 0 Å². The zero-order valence-corrected chi connectivity index (χ0v) is 11.2. The monoisotopic (exact) mass is 272 g/mol. The van der Waals surface area contributed by atoms with Gasteiger partial charge in [-0.05, 0) is 37.3 Å². The van der Waals surface area contributed by atoms with Crippen molar-refractivity contribution in [3.8, 4) is 11.4 Å². The van der Waals surface area contributed by atoms with Crippen LogP contribution in [0.2, 0.25) is 5.02 Å². The quantitative estimate of drug-likeness (QED) is 0.728. The predicted octanol–water partition coefficient (Wildman–Crippen LogP) is 3.35. The van der Waals surface area contributed by atoms with Crippen LogP contribution in [-0.4, -0.2) is 14.5 Å². The molecule has 0 aliphatic rings. The summed E-state index contributed by atoms with van der Waals surface area (Å²) in [7, 11) is 0. The average Bonchev–Trinajstić information content (AvgIpc) is 2.76. The van der Waals surface area contributed by atoms with Gasteiger partial charge in [0.05, 0.1) is 0 Å². The van der Waals surface area contributed by atoms with Crippen molar-refractivity contribution in [1.82, 2.24) is 14.5 Å². The molecule has 0 amide bonds. The lowest BCUT2D eigenvalue weighted by Gasteiger charge is -2.08. The third-order valence-electron chi connectivity index (χ3n) is 3.07. The van der Waals surface area contributed by atoms with Gasteiger partial charge >= 0.3 is 0 Å². The van der Waals surface area contributed by atoms with Crippen molar-refractivity contribution in [2.45, 2.75) is 13.5 Å². The highest BCUT2D eigenvalue weighted by Gasteiger charge is 2.14. The van der Waals surface area contributed by atoms with Crippen molar-refractivity contribution in [3.63, 3.8) is 0 Å². The van der Waals surface area contributed by atoms with E-state index in [1.807, 2.05) is 24.3 Å². The topological polar surface area (TPSA) is 56.7 Å². The Balaban J connectivity index is 2.30. The first-order chi connectivity index (χ1) is 9.20. The fourth-order valence-corrected chi connectivity index (χ4v) is 2.38. The van der Waals surface area contributed by atoms with Gasteiger partial charge in [-0.2, -0.15) is 0 Å². The van der Waals surface area contributed by atoms with Gasteiger partial charge in [-0.1, -0.05) is 11.6 Å². The molecule has 0 saturated carbocycles. The summed E-state index contributed by atoms with van der Waals surface area (Å²) >= 11 is 5.94. The molecule has 3 rings (SSSR count). The first-order valence-electron chi connectivity index (χ1n) is 6.07. The maximum Gasteiger partial charge on any atom is 0.160 e. The second-order valence-electron chi connectivity index (χ2n) is 4.26. The number of hydrogen-bond acceptors (Lipinski definition) is 3. The summed E-state index contributed by atoms with van der Waals surface area (Å²) in [4.78, 5) is 9.00. The lowest BCUT2D eigenvalue weighted by atomic mass is 10.1. The van der Waals surface area contributed by atoms with Crippen molar-refractivity contribution in [2.24, 2.45) is 0 Å². The largest absolute Gasteiger partial charge is 0.398 e. The number of nitrogens with zero attached hydrogens (tertiary/aromatic N) is 3. The molecule has 0 fully saturated rings. The standard InChI is InChI=1S/C14H13ClN4/c1-2-19-13(10-6-5-9(15)8-11(10)16)18-12-4-3-7-17-14(12)19/h3-8H,2,16H2,1H3. The fraction of sp³-hybridized carbons (Fsp3) is 0.143. The van der Waals surface area contributed by atoms with Gasteiger partial charge < -0.3 is 10.3 Å². The van der Waals surface area contributed by atoms with E-state index >= 15 is 0 Å². The van der Waals surface area contributed by atoms with E-state index in [-0.39, 0.29) is 0 Å². The van der Waals surface area contributed by atoms with Crippen molar-refractivity contribution < 1.29 is 0 Å². The molecule has 0 radical (unpaired) electrons. The molecule has 2 N–H and O–H groups in total. The first-order valence-corrected chi connectivity index (χ1v) is 6.45. The van der Waals surface area contributed by atoms with E-state index in [0.29, 0.717) is 10.7 Å². The van der Waals surface area contributed by atoms with Crippen molar-refractivity contribution in [1.29, 1.82) is 0 Å². The number of anilines is 1. The van der Waals surface area contributed by atoms with Gasteiger partial charge in [-0.15, -0.1) is 0 Å². The third-order valence-corrected chi connectivity index (χ3v) is 3.31. The zero-order chi connectivity index (χ0) is 13.4. The zero-order valence-electron chi connectivity index (χ0n) is 10.5. The number of pyridine rings is 1. The van der Waals surface area contributed by atoms with Crippen LogP contribution in [0.5, 0.6) is 0 Å². The molecular weight excluding hydrogens is 260 g/mol. The summed E-state index contributed by atoms with van der Waals surface area (Å²) < 4.78 is 2.05. The molecule has 3 aromatic rings. The summed E-state index contributed by atoms with van der Waals surface area (Å²) in [6.07, 6.45) is 1.77. The Bertz CT molecular complexity index is 748. The number of rotatable bonds is 2. The number of nitrogen functional groups attached to an aromatic ring is 1. The van der Waals surface area contributed by atoms with Crippen molar-refractivity contribution in [2.75, 3.05) is 5.73 Å². The average molecular weight is 273 g/mol. The molecule has 0 saturated heterocycles.